The maximum atomic E-state index is 12.2. The predicted octanol–water partition coefficient (Wildman–Crippen LogP) is 1.03. The molecule has 0 aliphatic heterocycles. The molecular weight excluding hydrogens is 338 g/mol. The van der Waals surface area contributed by atoms with Gasteiger partial charge in [-0.3, -0.25) is 4.79 Å². The maximum Gasteiger partial charge on any atom is 0.340 e. The summed E-state index contributed by atoms with van der Waals surface area (Å²) in [6.07, 6.45) is 3.22. The van der Waals surface area contributed by atoms with Gasteiger partial charge in [0.2, 0.25) is 11.9 Å². The number of ether oxygens (including phenoxy) is 2. The van der Waals surface area contributed by atoms with Crippen LogP contribution in [0.5, 0.6) is 0 Å². The third-order valence-electron chi connectivity index (χ3n) is 3.37. The van der Waals surface area contributed by atoms with Gasteiger partial charge in [-0.25, -0.2) is 14.3 Å². The van der Waals surface area contributed by atoms with Gasteiger partial charge in [-0.1, -0.05) is 18.2 Å². The topological polar surface area (TPSA) is 99.5 Å². The summed E-state index contributed by atoms with van der Waals surface area (Å²) in [5.74, 6) is -2.21. The minimum absolute atomic E-state index is 0.0395. The molecule has 2 rings (SSSR count). The zero-order valence-electron chi connectivity index (χ0n) is 14.7. The Morgan fingerprint density at radius 1 is 1.08 bits per heavy atom. The van der Waals surface area contributed by atoms with Gasteiger partial charge >= 0.3 is 11.9 Å². The van der Waals surface area contributed by atoms with E-state index in [1.165, 1.54) is 0 Å². The molecule has 8 nitrogen and oxygen atoms in total. The first-order chi connectivity index (χ1) is 12.5. The van der Waals surface area contributed by atoms with E-state index in [0.29, 0.717) is 5.56 Å². The lowest BCUT2D eigenvalue weighted by atomic mass is 10.2. The second-order valence-electron chi connectivity index (χ2n) is 5.31. The fourth-order valence-corrected chi connectivity index (χ4v) is 2.24. The van der Waals surface area contributed by atoms with Crippen LogP contribution in [-0.2, 0) is 30.3 Å². The molecular formula is C18H21N3O5. The van der Waals surface area contributed by atoms with E-state index >= 15 is 0 Å². The Hall–Kier alpha value is -3.16. The summed E-state index contributed by atoms with van der Waals surface area (Å²) in [5, 5.41) is 6.56. The second-order valence-corrected chi connectivity index (χ2v) is 5.31. The molecule has 0 saturated carbocycles. The highest BCUT2D eigenvalue weighted by Crippen LogP contribution is 2.08. The van der Waals surface area contributed by atoms with E-state index in [1.54, 1.807) is 30.9 Å². The van der Waals surface area contributed by atoms with Gasteiger partial charge < -0.3 is 14.8 Å². The van der Waals surface area contributed by atoms with E-state index in [4.69, 9.17) is 9.47 Å². The molecule has 0 aliphatic rings. The molecule has 1 amide bonds. The molecule has 0 radical (unpaired) electrons. The standard InChI is InChI=1S/C18H21N3O5/c1-3-25-17(23)16(18(24)26-4-2)20-15(22)10-13-11-19-21(12-13)14-8-6-5-7-9-14/h5-9,11-12,16H,3-4,10H2,1-2H3,(H,20,22). The van der Waals surface area contributed by atoms with Crippen molar-refractivity contribution in [3.8, 4) is 5.69 Å². The van der Waals surface area contributed by atoms with E-state index in [0.717, 1.165) is 5.69 Å². The molecule has 0 spiro atoms. The Morgan fingerprint density at radius 2 is 1.69 bits per heavy atom. The zero-order chi connectivity index (χ0) is 18.9. The van der Waals surface area contributed by atoms with Gasteiger partial charge in [-0.2, -0.15) is 5.10 Å². The molecule has 0 aliphatic carbocycles. The Morgan fingerprint density at radius 3 is 2.27 bits per heavy atom. The molecule has 1 heterocycles. The van der Waals surface area contributed by atoms with Crippen molar-refractivity contribution < 1.29 is 23.9 Å². The zero-order valence-corrected chi connectivity index (χ0v) is 14.7. The molecule has 0 bridgehead atoms. The summed E-state index contributed by atoms with van der Waals surface area (Å²) in [4.78, 5) is 36.0. The molecule has 1 aromatic heterocycles. The maximum absolute atomic E-state index is 12.2. The lowest BCUT2D eigenvalue weighted by Crippen LogP contribution is -2.48. The van der Waals surface area contributed by atoms with Gasteiger partial charge in [0.15, 0.2) is 0 Å². The van der Waals surface area contributed by atoms with Gasteiger partial charge in [-0.05, 0) is 31.5 Å². The van der Waals surface area contributed by atoms with Crippen molar-refractivity contribution in [1.29, 1.82) is 0 Å². The van der Waals surface area contributed by atoms with Gasteiger partial charge in [-0.15, -0.1) is 0 Å². The summed E-state index contributed by atoms with van der Waals surface area (Å²) < 4.78 is 11.3. The predicted molar refractivity (Wildman–Crippen MR) is 92.5 cm³/mol. The monoisotopic (exact) mass is 359 g/mol. The summed E-state index contributed by atoms with van der Waals surface area (Å²) in [6, 6.07) is 7.94. The molecule has 0 atom stereocenters. The fraction of sp³-hybridized carbons (Fsp3) is 0.333. The number of esters is 2. The van der Waals surface area contributed by atoms with Crippen LogP contribution in [0.1, 0.15) is 19.4 Å². The highest BCUT2D eigenvalue weighted by atomic mass is 16.6. The first-order valence-corrected chi connectivity index (χ1v) is 8.26. The fourth-order valence-electron chi connectivity index (χ4n) is 2.24. The number of nitrogens with zero attached hydrogens (tertiary/aromatic N) is 2. The average Bonchev–Trinajstić information content (AvgIpc) is 3.09. The molecule has 1 aromatic carbocycles. The number of hydrogen-bond donors (Lipinski definition) is 1. The van der Waals surface area contributed by atoms with Crippen LogP contribution in [-0.4, -0.2) is 46.9 Å². The molecule has 0 fully saturated rings. The third kappa shape index (κ3) is 5.17. The molecule has 0 unspecified atom stereocenters. The number of carbonyl (C=O) groups excluding carboxylic acids is 3. The Balaban J connectivity index is 2.02. The Labute approximate surface area is 151 Å². The third-order valence-corrected chi connectivity index (χ3v) is 3.37. The minimum atomic E-state index is -1.48. The Kier molecular flexibility index (Phi) is 6.90. The number of amides is 1. The molecule has 26 heavy (non-hydrogen) atoms. The van der Waals surface area contributed by atoms with Crippen molar-refractivity contribution in [2.45, 2.75) is 26.3 Å². The van der Waals surface area contributed by atoms with Crippen molar-refractivity contribution in [2.75, 3.05) is 13.2 Å². The number of aromatic nitrogens is 2. The molecule has 8 heteroatoms. The molecule has 138 valence electrons. The van der Waals surface area contributed by atoms with Gasteiger partial charge in [0, 0.05) is 6.20 Å². The van der Waals surface area contributed by atoms with Gasteiger partial charge in [0.25, 0.3) is 0 Å². The van der Waals surface area contributed by atoms with Crippen molar-refractivity contribution in [3.05, 3.63) is 48.3 Å². The van der Waals surface area contributed by atoms with Crippen molar-refractivity contribution in [2.24, 2.45) is 0 Å². The van der Waals surface area contributed by atoms with Crippen LogP contribution in [0.2, 0.25) is 0 Å². The number of hydrogen-bond acceptors (Lipinski definition) is 6. The summed E-state index contributed by atoms with van der Waals surface area (Å²) in [5.41, 5.74) is 1.49. The van der Waals surface area contributed by atoms with Crippen LogP contribution < -0.4 is 5.32 Å². The highest BCUT2D eigenvalue weighted by molar-refractivity contribution is 6.02. The van der Waals surface area contributed by atoms with Gasteiger partial charge in [0.1, 0.15) is 0 Å². The van der Waals surface area contributed by atoms with E-state index in [1.807, 2.05) is 30.3 Å². The van der Waals surface area contributed by atoms with Crippen molar-refractivity contribution in [1.82, 2.24) is 15.1 Å². The highest BCUT2D eigenvalue weighted by Gasteiger charge is 2.31. The first-order valence-electron chi connectivity index (χ1n) is 8.26. The first kappa shape index (κ1) is 19.2. The van der Waals surface area contributed by atoms with E-state index in [2.05, 4.69) is 10.4 Å². The number of nitrogens with one attached hydrogen (secondary N) is 1. The molecule has 1 N–H and O–H groups in total. The average molecular weight is 359 g/mol. The number of benzene rings is 1. The van der Waals surface area contributed by atoms with Crippen LogP contribution in [0.4, 0.5) is 0 Å². The van der Waals surface area contributed by atoms with E-state index in [-0.39, 0.29) is 19.6 Å². The largest absolute Gasteiger partial charge is 0.464 e. The number of carbonyl (C=O) groups is 3. The molecule has 2 aromatic rings. The van der Waals surface area contributed by atoms with Crippen LogP contribution in [0, 0.1) is 0 Å². The summed E-state index contributed by atoms with van der Waals surface area (Å²) in [7, 11) is 0. The normalized spacial score (nSPS) is 10.4. The lowest BCUT2D eigenvalue weighted by Gasteiger charge is -2.15. The van der Waals surface area contributed by atoms with Crippen LogP contribution >= 0.6 is 0 Å². The van der Waals surface area contributed by atoms with Crippen LogP contribution in [0.25, 0.3) is 5.69 Å². The smallest absolute Gasteiger partial charge is 0.340 e. The van der Waals surface area contributed by atoms with E-state index in [9.17, 15) is 14.4 Å². The van der Waals surface area contributed by atoms with Crippen molar-refractivity contribution in [3.63, 3.8) is 0 Å². The summed E-state index contributed by atoms with van der Waals surface area (Å²) in [6.45, 7) is 3.41. The van der Waals surface area contributed by atoms with E-state index < -0.39 is 23.9 Å². The van der Waals surface area contributed by atoms with Crippen LogP contribution in [0.15, 0.2) is 42.7 Å². The second kappa shape index (κ2) is 9.36. The Bertz CT molecular complexity index is 739. The quantitative estimate of drug-likeness (QED) is 0.558. The summed E-state index contributed by atoms with van der Waals surface area (Å²) >= 11 is 0. The lowest BCUT2D eigenvalue weighted by molar-refractivity contribution is -0.159. The minimum Gasteiger partial charge on any atom is -0.464 e. The number of rotatable bonds is 8. The number of para-hydroxylation sites is 1. The van der Waals surface area contributed by atoms with Crippen molar-refractivity contribution >= 4 is 17.8 Å². The van der Waals surface area contributed by atoms with Gasteiger partial charge in [0.05, 0.1) is 31.5 Å². The van der Waals surface area contributed by atoms with Crippen LogP contribution in [0.3, 0.4) is 0 Å². The SMILES string of the molecule is CCOC(=O)C(NC(=O)Cc1cnn(-c2ccccc2)c1)C(=O)OCC. The molecule has 0 saturated heterocycles.